The summed E-state index contributed by atoms with van der Waals surface area (Å²) in [6.45, 7) is 1.25. The fourth-order valence-electron chi connectivity index (χ4n) is 0.169. The Kier molecular flexibility index (Phi) is 3.19. The van der Waals surface area contributed by atoms with Crippen LogP contribution in [0.3, 0.4) is 0 Å². The van der Waals surface area contributed by atoms with Gasteiger partial charge in [0.1, 0.15) is 0 Å². The Morgan fingerprint density at radius 1 is 1.57 bits per heavy atom. The summed E-state index contributed by atoms with van der Waals surface area (Å²) in [7, 11) is 0. The molecule has 0 amide bonds. The zero-order chi connectivity index (χ0) is 5.70. The van der Waals surface area contributed by atoms with Crippen molar-refractivity contribution in [2.75, 3.05) is 0 Å². The minimum absolute atomic E-state index is 0.281. The van der Waals surface area contributed by atoms with E-state index in [1.807, 2.05) is 0 Å². The van der Waals surface area contributed by atoms with Crippen molar-refractivity contribution in [3.05, 3.63) is 24.3 Å². The summed E-state index contributed by atoms with van der Waals surface area (Å²) in [6.07, 6.45) is 2.32. The summed E-state index contributed by atoms with van der Waals surface area (Å²) in [4.78, 5) is 0. The molecule has 0 aliphatic rings. The fraction of sp³-hybridized carbons (Fsp3) is 0.200. The maximum absolute atomic E-state index is 11.5. The van der Waals surface area contributed by atoms with E-state index in [9.17, 15) is 8.78 Å². The maximum Gasteiger partial charge on any atom is 0.0969 e. The van der Waals surface area contributed by atoms with Gasteiger partial charge in [-0.3, -0.25) is 0 Å². The first-order valence-corrected chi connectivity index (χ1v) is 1.86. The smallest absolute Gasteiger partial charge is 0.0969 e. The quantitative estimate of drug-likeness (QED) is 0.448. The lowest BCUT2D eigenvalue weighted by Gasteiger charge is -1.72. The largest absolute Gasteiger partial charge is 0.216 e. The second kappa shape index (κ2) is 3.53. The van der Waals surface area contributed by atoms with Gasteiger partial charge in [-0.2, -0.15) is 0 Å². The maximum atomic E-state index is 11.5. The van der Waals surface area contributed by atoms with Crippen LogP contribution in [0.1, 0.15) is 6.92 Å². The molecule has 0 bridgehead atoms. The van der Waals surface area contributed by atoms with E-state index in [1.165, 1.54) is 6.92 Å². The average Bonchev–Trinajstić information content (AvgIpc) is 1.61. The SMILES string of the molecule is CC(F)=CC=CF. The number of rotatable bonds is 1. The predicted octanol–water partition coefficient (Wildman–Crippen LogP) is 2.34. The van der Waals surface area contributed by atoms with Gasteiger partial charge in [-0.25, -0.2) is 8.78 Å². The van der Waals surface area contributed by atoms with Gasteiger partial charge in [0.15, 0.2) is 0 Å². The lowest BCUT2D eigenvalue weighted by atomic mass is 10.5. The van der Waals surface area contributed by atoms with Crippen molar-refractivity contribution in [1.29, 1.82) is 0 Å². The summed E-state index contributed by atoms with van der Waals surface area (Å²) in [5, 5.41) is 0. The Morgan fingerprint density at radius 3 is 2.29 bits per heavy atom. The van der Waals surface area contributed by atoms with Crippen LogP contribution in [0.2, 0.25) is 0 Å². The van der Waals surface area contributed by atoms with Gasteiger partial charge < -0.3 is 0 Å². The first-order chi connectivity index (χ1) is 3.27. The predicted molar refractivity (Wildman–Crippen MR) is 25.1 cm³/mol. The Balaban J connectivity index is 3.46. The molecule has 0 fully saturated rings. The summed E-state index contributed by atoms with van der Waals surface area (Å²) in [5.41, 5.74) is 0. The second-order valence-electron chi connectivity index (χ2n) is 1.07. The third kappa shape index (κ3) is 5.34. The molecule has 0 aliphatic carbocycles. The molecule has 0 unspecified atom stereocenters. The van der Waals surface area contributed by atoms with Crippen LogP contribution in [0.4, 0.5) is 8.78 Å². The monoisotopic (exact) mass is 104 g/mol. The molecule has 0 aromatic carbocycles. The zero-order valence-corrected chi connectivity index (χ0v) is 3.99. The molecule has 0 saturated carbocycles. The van der Waals surface area contributed by atoms with Crippen LogP contribution >= 0.6 is 0 Å². The van der Waals surface area contributed by atoms with E-state index in [2.05, 4.69) is 0 Å². The van der Waals surface area contributed by atoms with Crippen molar-refractivity contribution in [3.8, 4) is 0 Å². The van der Waals surface area contributed by atoms with Crippen LogP contribution in [-0.2, 0) is 0 Å². The molecule has 0 rings (SSSR count). The molecule has 0 radical (unpaired) electrons. The van der Waals surface area contributed by atoms with Gasteiger partial charge in [0.05, 0.1) is 12.2 Å². The molecule has 0 spiro atoms. The summed E-state index contributed by atoms with van der Waals surface area (Å²) >= 11 is 0. The van der Waals surface area contributed by atoms with Gasteiger partial charge in [-0.1, -0.05) is 0 Å². The molecule has 0 heterocycles. The van der Waals surface area contributed by atoms with Gasteiger partial charge in [-0.05, 0) is 19.1 Å². The topological polar surface area (TPSA) is 0 Å². The highest BCUT2D eigenvalue weighted by Crippen LogP contribution is 1.91. The van der Waals surface area contributed by atoms with Gasteiger partial charge in [0, 0.05) is 0 Å². The van der Waals surface area contributed by atoms with Crippen molar-refractivity contribution in [1.82, 2.24) is 0 Å². The Labute approximate surface area is 41.2 Å². The lowest BCUT2D eigenvalue weighted by Crippen LogP contribution is -1.52. The molecule has 0 aromatic heterocycles. The highest BCUT2D eigenvalue weighted by Gasteiger charge is 1.72. The Hall–Kier alpha value is -0.660. The van der Waals surface area contributed by atoms with E-state index in [4.69, 9.17) is 0 Å². The number of hydrogen-bond donors (Lipinski definition) is 0. The van der Waals surface area contributed by atoms with E-state index in [1.54, 1.807) is 0 Å². The fourth-order valence-corrected chi connectivity index (χ4v) is 0.169. The molecule has 0 saturated heterocycles. The van der Waals surface area contributed by atoms with Crippen molar-refractivity contribution >= 4 is 0 Å². The lowest BCUT2D eigenvalue weighted by molar-refractivity contribution is 0.639. The third-order valence-corrected chi connectivity index (χ3v) is 0.399. The Morgan fingerprint density at radius 2 is 2.14 bits per heavy atom. The van der Waals surface area contributed by atoms with Crippen molar-refractivity contribution < 1.29 is 8.78 Å². The van der Waals surface area contributed by atoms with Gasteiger partial charge in [0.2, 0.25) is 0 Å². The van der Waals surface area contributed by atoms with Gasteiger partial charge >= 0.3 is 0 Å². The number of halogens is 2. The molecule has 0 atom stereocenters. The third-order valence-electron chi connectivity index (χ3n) is 0.399. The van der Waals surface area contributed by atoms with E-state index < -0.39 is 5.83 Å². The summed E-state index contributed by atoms with van der Waals surface area (Å²) in [6, 6.07) is 0. The van der Waals surface area contributed by atoms with E-state index in [0.29, 0.717) is 0 Å². The second-order valence-corrected chi connectivity index (χ2v) is 1.07. The molecule has 0 N–H and O–H groups in total. The molecule has 0 nitrogen and oxygen atoms in total. The van der Waals surface area contributed by atoms with E-state index in [0.717, 1.165) is 12.2 Å². The van der Waals surface area contributed by atoms with Crippen molar-refractivity contribution in [2.45, 2.75) is 6.92 Å². The summed E-state index contributed by atoms with van der Waals surface area (Å²) < 4.78 is 22.5. The molecule has 0 aliphatic heterocycles. The van der Waals surface area contributed by atoms with E-state index in [-0.39, 0.29) is 6.33 Å². The average molecular weight is 104 g/mol. The molecular formula is C5H6F2. The normalized spacial score (nSPS) is 13.3. The zero-order valence-electron chi connectivity index (χ0n) is 3.99. The Bertz CT molecular complexity index is 88.3. The molecule has 0 aromatic rings. The standard InChI is InChI=1S/C5H6F2/c1-5(7)3-2-4-6/h2-4H,1H3. The highest BCUT2D eigenvalue weighted by atomic mass is 19.1. The van der Waals surface area contributed by atoms with Gasteiger partial charge in [-0.15, -0.1) is 0 Å². The van der Waals surface area contributed by atoms with E-state index >= 15 is 0 Å². The van der Waals surface area contributed by atoms with Gasteiger partial charge in [0.25, 0.3) is 0 Å². The van der Waals surface area contributed by atoms with Crippen molar-refractivity contribution in [2.24, 2.45) is 0 Å². The van der Waals surface area contributed by atoms with Crippen LogP contribution in [-0.4, -0.2) is 0 Å². The van der Waals surface area contributed by atoms with Crippen LogP contribution in [0.5, 0.6) is 0 Å². The number of allylic oxidation sites excluding steroid dienone is 3. The minimum atomic E-state index is -0.395. The minimum Gasteiger partial charge on any atom is -0.216 e. The number of hydrogen-bond acceptors (Lipinski definition) is 0. The van der Waals surface area contributed by atoms with Crippen molar-refractivity contribution in [3.63, 3.8) is 0 Å². The molecule has 2 heteroatoms. The highest BCUT2D eigenvalue weighted by molar-refractivity contribution is 5.02. The van der Waals surface area contributed by atoms with Crippen LogP contribution < -0.4 is 0 Å². The van der Waals surface area contributed by atoms with Crippen LogP contribution in [0, 0.1) is 0 Å². The van der Waals surface area contributed by atoms with Crippen LogP contribution in [0.25, 0.3) is 0 Å². The molecular weight excluding hydrogens is 98.1 g/mol. The molecule has 40 valence electrons. The van der Waals surface area contributed by atoms with Crippen LogP contribution in [0.15, 0.2) is 24.3 Å². The first kappa shape index (κ1) is 6.34. The first-order valence-electron chi connectivity index (χ1n) is 1.86. The molecule has 7 heavy (non-hydrogen) atoms. The summed E-state index contributed by atoms with van der Waals surface area (Å²) in [5.74, 6) is -0.395.